The van der Waals surface area contributed by atoms with E-state index in [2.05, 4.69) is 24.0 Å². The van der Waals surface area contributed by atoms with Crippen molar-refractivity contribution in [3.8, 4) is 0 Å². The molecule has 132 valence electrons. The van der Waals surface area contributed by atoms with Crippen molar-refractivity contribution in [1.82, 2.24) is 14.4 Å². The summed E-state index contributed by atoms with van der Waals surface area (Å²) in [5.41, 5.74) is 0. The summed E-state index contributed by atoms with van der Waals surface area (Å²) >= 11 is 0. The molecule has 1 aromatic rings. The van der Waals surface area contributed by atoms with Gasteiger partial charge in [0.05, 0.1) is 18.5 Å². The molecule has 1 saturated heterocycles. The average Bonchev–Trinajstić information content (AvgIpc) is 2.94. The highest BCUT2D eigenvalue weighted by Gasteiger charge is 2.28. The van der Waals surface area contributed by atoms with Gasteiger partial charge >= 0.3 is 0 Å². The van der Waals surface area contributed by atoms with Gasteiger partial charge in [0.15, 0.2) is 5.82 Å². The Bertz CT molecular complexity index is 585. The summed E-state index contributed by atoms with van der Waals surface area (Å²) in [4.78, 5) is 4.34. The Morgan fingerprint density at radius 1 is 1.43 bits per heavy atom. The highest BCUT2D eigenvalue weighted by Crippen LogP contribution is 2.17. The lowest BCUT2D eigenvalue weighted by molar-refractivity contribution is 0.0199. The molecule has 0 bridgehead atoms. The molecule has 8 heteroatoms. The van der Waals surface area contributed by atoms with Gasteiger partial charge < -0.3 is 9.26 Å². The normalized spacial score (nSPS) is 20.3. The Morgan fingerprint density at radius 3 is 2.91 bits per heavy atom. The lowest BCUT2D eigenvalue weighted by Gasteiger charge is -2.31. The van der Waals surface area contributed by atoms with Crippen molar-refractivity contribution in [3.63, 3.8) is 0 Å². The third-order valence-corrected chi connectivity index (χ3v) is 5.72. The molecular weight excluding hydrogens is 318 g/mol. The third-order valence-electron chi connectivity index (χ3n) is 3.87. The van der Waals surface area contributed by atoms with E-state index in [1.165, 1.54) is 4.31 Å². The van der Waals surface area contributed by atoms with Gasteiger partial charge in [-0.25, -0.2) is 8.42 Å². The van der Waals surface area contributed by atoms with Crippen molar-refractivity contribution in [1.29, 1.82) is 0 Å². The zero-order chi connectivity index (χ0) is 16.9. The van der Waals surface area contributed by atoms with Crippen LogP contribution in [0.15, 0.2) is 4.52 Å². The molecule has 0 aliphatic carbocycles. The van der Waals surface area contributed by atoms with Crippen LogP contribution in [-0.4, -0.2) is 54.4 Å². The van der Waals surface area contributed by atoms with E-state index < -0.39 is 10.0 Å². The largest absolute Gasteiger partial charge is 0.376 e. The van der Waals surface area contributed by atoms with Gasteiger partial charge in [-0.1, -0.05) is 19.0 Å². The Balaban J connectivity index is 1.76. The van der Waals surface area contributed by atoms with E-state index in [-0.39, 0.29) is 11.9 Å². The van der Waals surface area contributed by atoms with E-state index in [9.17, 15) is 8.42 Å². The lowest BCUT2D eigenvalue weighted by atomic mass is 10.1. The molecule has 0 amide bonds. The van der Waals surface area contributed by atoms with Gasteiger partial charge in [0, 0.05) is 25.9 Å². The molecule has 2 heterocycles. The van der Waals surface area contributed by atoms with E-state index in [0.717, 1.165) is 19.3 Å². The molecule has 0 aromatic carbocycles. The molecule has 1 aliphatic heterocycles. The van der Waals surface area contributed by atoms with Gasteiger partial charge in [0.1, 0.15) is 0 Å². The Kier molecular flexibility index (Phi) is 6.55. The molecule has 0 radical (unpaired) electrons. The summed E-state index contributed by atoms with van der Waals surface area (Å²) in [6.45, 7) is 7.40. The number of hydrogen-bond acceptors (Lipinski definition) is 6. The summed E-state index contributed by atoms with van der Waals surface area (Å²) in [5, 5.41) is 3.95. The Morgan fingerprint density at radius 2 is 2.22 bits per heavy atom. The maximum absolute atomic E-state index is 11.9. The van der Waals surface area contributed by atoms with Crippen molar-refractivity contribution in [2.24, 2.45) is 5.92 Å². The Hall–Kier alpha value is -0.990. The standard InChI is InChI=1S/C15H27N3O4S/c1-4-23(19,20)18-8-5-6-13(11-18)21-9-7-14-16-15(22-17-14)10-12(2)3/h12-13H,4-11H2,1-3H3. The van der Waals surface area contributed by atoms with Crippen LogP contribution in [0.25, 0.3) is 0 Å². The fourth-order valence-corrected chi connectivity index (χ4v) is 3.78. The van der Waals surface area contributed by atoms with E-state index in [0.29, 0.717) is 43.8 Å². The molecule has 1 aromatic heterocycles. The van der Waals surface area contributed by atoms with Crippen molar-refractivity contribution in [2.75, 3.05) is 25.4 Å². The van der Waals surface area contributed by atoms with Crippen LogP contribution in [0.2, 0.25) is 0 Å². The minimum absolute atomic E-state index is 0.0490. The predicted molar refractivity (Wildman–Crippen MR) is 86.6 cm³/mol. The quantitative estimate of drug-likeness (QED) is 0.712. The van der Waals surface area contributed by atoms with Crippen molar-refractivity contribution < 1.29 is 17.7 Å². The first-order valence-corrected chi connectivity index (χ1v) is 9.92. The molecule has 1 atom stereocenters. The van der Waals surface area contributed by atoms with Crippen LogP contribution in [0.4, 0.5) is 0 Å². The molecular formula is C15H27N3O4S. The number of piperidine rings is 1. The summed E-state index contributed by atoms with van der Waals surface area (Å²) < 4.78 is 36.4. The molecule has 0 spiro atoms. The molecule has 1 unspecified atom stereocenters. The fourth-order valence-electron chi connectivity index (χ4n) is 2.62. The van der Waals surface area contributed by atoms with Gasteiger partial charge in [-0.2, -0.15) is 9.29 Å². The zero-order valence-corrected chi connectivity index (χ0v) is 15.0. The zero-order valence-electron chi connectivity index (χ0n) is 14.2. The second kappa shape index (κ2) is 8.21. The lowest BCUT2D eigenvalue weighted by Crippen LogP contribution is -2.44. The van der Waals surface area contributed by atoms with Gasteiger partial charge in [-0.15, -0.1) is 0 Å². The maximum atomic E-state index is 11.9. The minimum atomic E-state index is -3.13. The van der Waals surface area contributed by atoms with Crippen molar-refractivity contribution in [2.45, 2.75) is 52.6 Å². The van der Waals surface area contributed by atoms with Crippen molar-refractivity contribution >= 4 is 10.0 Å². The summed E-state index contributed by atoms with van der Waals surface area (Å²) in [5.74, 6) is 1.93. The second-order valence-electron chi connectivity index (χ2n) is 6.35. The summed E-state index contributed by atoms with van der Waals surface area (Å²) in [6.07, 6.45) is 3.04. The number of rotatable bonds is 8. The minimum Gasteiger partial charge on any atom is -0.376 e. The van der Waals surface area contributed by atoms with Crippen LogP contribution in [0.3, 0.4) is 0 Å². The molecule has 7 nitrogen and oxygen atoms in total. The van der Waals surface area contributed by atoms with Crippen LogP contribution in [0.5, 0.6) is 0 Å². The van der Waals surface area contributed by atoms with E-state index in [4.69, 9.17) is 9.26 Å². The predicted octanol–water partition coefficient (Wildman–Crippen LogP) is 1.64. The fraction of sp³-hybridized carbons (Fsp3) is 0.867. The molecule has 23 heavy (non-hydrogen) atoms. The number of nitrogens with zero attached hydrogens (tertiary/aromatic N) is 3. The number of aromatic nitrogens is 2. The smallest absolute Gasteiger partial charge is 0.226 e. The van der Waals surface area contributed by atoms with Gasteiger partial charge in [0.25, 0.3) is 0 Å². The summed E-state index contributed by atoms with van der Waals surface area (Å²) in [6, 6.07) is 0. The van der Waals surface area contributed by atoms with E-state index in [1.807, 2.05) is 0 Å². The first-order chi connectivity index (χ1) is 10.9. The molecule has 2 rings (SSSR count). The molecule has 1 fully saturated rings. The number of hydrogen-bond donors (Lipinski definition) is 0. The first-order valence-electron chi connectivity index (χ1n) is 8.31. The summed E-state index contributed by atoms with van der Waals surface area (Å²) in [7, 11) is -3.13. The Labute approximate surface area is 138 Å². The van der Waals surface area contributed by atoms with Gasteiger partial charge in [-0.05, 0) is 25.7 Å². The highest BCUT2D eigenvalue weighted by atomic mass is 32.2. The van der Waals surface area contributed by atoms with Crippen LogP contribution in [0.1, 0.15) is 45.3 Å². The first kappa shape index (κ1) is 18.4. The SMILES string of the molecule is CCS(=O)(=O)N1CCCC(OCCc2noc(CC(C)C)n2)C1. The maximum Gasteiger partial charge on any atom is 0.226 e. The van der Waals surface area contributed by atoms with Crippen LogP contribution in [0, 0.1) is 5.92 Å². The molecule has 0 saturated carbocycles. The number of sulfonamides is 1. The van der Waals surface area contributed by atoms with Crippen LogP contribution in [-0.2, 0) is 27.6 Å². The molecule has 0 N–H and O–H groups in total. The van der Waals surface area contributed by atoms with E-state index >= 15 is 0 Å². The van der Waals surface area contributed by atoms with E-state index in [1.54, 1.807) is 6.92 Å². The van der Waals surface area contributed by atoms with Crippen molar-refractivity contribution in [3.05, 3.63) is 11.7 Å². The van der Waals surface area contributed by atoms with Crippen LogP contribution < -0.4 is 0 Å². The third kappa shape index (κ3) is 5.54. The van der Waals surface area contributed by atoms with Crippen LogP contribution >= 0.6 is 0 Å². The second-order valence-corrected chi connectivity index (χ2v) is 8.60. The highest BCUT2D eigenvalue weighted by molar-refractivity contribution is 7.89. The monoisotopic (exact) mass is 345 g/mol. The van der Waals surface area contributed by atoms with Gasteiger partial charge in [0.2, 0.25) is 15.9 Å². The number of ether oxygens (including phenoxy) is 1. The average molecular weight is 345 g/mol. The molecule has 1 aliphatic rings. The topological polar surface area (TPSA) is 85.5 Å². The van der Waals surface area contributed by atoms with Gasteiger partial charge in [-0.3, -0.25) is 0 Å².